The Hall–Kier alpha value is -2.63. The van der Waals surface area contributed by atoms with E-state index in [1.54, 1.807) is 12.4 Å². The Bertz CT molecular complexity index is 727. The zero-order chi connectivity index (χ0) is 15.7. The highest BCUT2D eigenvalue weighted by Crippen LogP contribution is 2.41. The van der Waals surface area contributed by atoms with Crippen LogP contribution in [0.15, 0.2) is 47.0 Å². The van der Waals surface area contributed by atoms with Crippen LogP contribution in [0.2, 0.25) is 0 Å². The van der Waals surface area contributed by atoms with Gasteiger partial charge in [0.15, 0.2) is 0 Å². The maximum Gasteiger partial charge on any atom is 0.377 e. The topological polar surface area (TPSA) is 68.5 Å². The molecular weight excluding hydrogens is 294 g/mol. The van der Waals surface area contributed by atoms with Gasteiger partial charge in [-0.25, -0.2) is 4.79 Å². The van der Waals surface area contributed by atoms with Crippen LogP contribution >= 0.6 is 0 Å². The number of ether oxygens (including phenoxy) is 1. The molecule has 2 aliphatic rings. The fraction of sp³-hybridized carbons (Fsp3) is 0.353. The van der Waals surface area contributed by atoms with E-state index in [9.17, 15) is 4.79 Å². The monoisotopic (exact) mass is 311 g/mol. The van der Waals surface area contributed by atoms with E-state index >= 15 is 0 Å². The fourth-order valence-corrected chi connectivity index (χ4v) is 3.41. The van der Waals surface area contributed by atoms with E-state index in [1.165, 1.54) is 18.0 Å². The molecule has 0 saturated carbocycles. The smallest absolute Gasteiger partial charge is 0.377 e. The van der Waals surface area contributed by atoms with Crippen LogP contribution in [-0.2, 0) is 4.74 Å². The maximum absolute atomic E-state index is 12.2. The molecule has 6 heteroatoms. The molecule has 1 atom stereocenters. The predicted octanol–water partition coefficient (Wildman–Crippen LogP) is 2.51. The van der Waals surface area contributed by atoms with Crippen molar-refractivity contribution in [2.45, 2.75) is 24.9 Å². The molecule has 0 aliphatic carbocycles. The number of hydrogen-bond acceptors (Lipinski definition) is 6. The molecule has 2 aromatic rings. The Kier molecular flexibility index (Phi) is 3.37. The van der Waals surface area contributed by atoms with Crippen LogP contribution in [0.4, 0.5) is 0 Å². The Morgan fingerprint density at radius 1 is 1.30 bits per heavy atom. The lowest BCUT2D eigenvalue weighted by molar-refractivity contribution is -0.0302. The lowest BCUT2D eigenvalue weighted by Crippen LogP contribution is -2.42. The summed E-state index contributed by atoms with van der Waals surface area (Å²) < 4.78 is 10.7. The summed E-state index contributed by atoms with van der Waals surface area (Å²) in [5.74, 6) is -0.280. The predicted molar refractivity (Wildman–Crippen MR) is 82.3 cm³/mol. The molecule has 23 heavy (non-hydrogen) atoms. The first-order valence-electron chi connectivity index (χ1n) is 7.74. The number of pyridine rings is 1. The first kappa shape index (κ1) is 14.0. The van der Waals surface area contributed by atoms with Crippen molar-refractivity contribution < 1.29 is 14.1 Å². The van der Waals surface area contributed by atoms with Gasteiger partial charge in [0.2, 0.25) is 5.76 Å². The van der Waals surface area contributed by atoms with E-state index in [0.29, 0.717) is 0 Å². The highest BCUT2D eigenvalue weighted by molar-refractivity contribution is 5.86. The molecule has 0 aromatic carbocycles. The second-order valence-electron chi connectivity index (χ2n) is 6.07. The van der Waals surface area contributed by atoms with Crippen LogP contribution in [0, 0.1) is 0 Å². The number of esters is 1. The first-order valence-corrected chi connectivity index (χ1v) is 7.74. The van der Waals surface area contributed by atoms with Gasteiger partial charge in [0.1, 0.15) is 5.60 Å². The molecule has 0 spiro atoms. The normalized spacial score (nSPS) is 24.9. The molecule has 4 rings (SSSR count). The third-order valence-corrected chi connectivity index (χ3v) is 4.44. The minimum absolute atomic E-state index is 0.156. The van der Waals surface area contributed by atoms with Gasteiger partial charge in [-0.1, -0.05) is 5.16 Å². The largest absolute Gasteiger partial charge is 0.451 e. The molecule has 2 aromatic heterocycles. The molecule has 118 valence electrons. The number of piperidine rings is 1. The van der Waals surface area contributed by atoms with Gasteiger partial charge in [0.25, 0.3) is 0 Å². The van der Waals surface area contributed by atoms with Gasteiger partial charge in [-0.15, -0.1) is 0 Å². The summed E-state index contributed by atoms with van der Waals surface area (Å²) in [4.78, 5) is 18.6. The average Bonchev–Trinajstić information content (AvgIpc) is 3.16. The number of nitrogens with zero attached hydrogens (tertiary/aromatic N) is 3. The SMILES string of the molecule is O=C(OC12CCCN(C1)/C(=C/c1ccncc1)C2)c1ccno1. The van der Waals surface area contributed by atoms with Crippen LogP contribution in [0.25, 0.3) is 6.08 Å². The van der Waals surface area contributed by atoms with Crippen molar-refractivity contribution in [2.24, 2.45) is 0 Å². The van der Waals surface area contributed by atoms with Crippen molar-refractivity contribution in [3.05, 3.63) is 53.8 Å². The van der Waals surface area contributed by atoms with E-state index in [4.69, 9.17) is 9.26 Å². The number of rotatable bonds is 3. The van der Waals surface area contributed by atoms with Gasteiger partial charge in [-0.3, -0.25) is 4.98 Å². The lowest BCUT2D eigenvalue weighted by atomic mass is 9.94. The molecule has 0 N–H and O–H groups in total. The number of hydrogen-bond donors (Lipinski definition) is 0. The van der Waals surface area contributed by atoms with Crippen molar-refractivity contribution in [1.29, 1.82) is 0 Å². The summed E-state index contributed by atoms with van der Waals surface area (Å²) in [7, 11) is 0. The third-order valence-electron chi connectivity index (χ3n) is 4.44. The highest BCUT2D eigenvalue weighted by atomic mass is 16.6. The van der Waals surface area contributed by atoms with Crippen LogP contribution in [-0.4, -0.2) is 39.7 Å². The quantitative estimate of drug-likeness (QED) is 0.811. The summed E-state index contributed by atoms with van der Waals surface area (Å²) in [6.45, 7) is 1.74. The van der Waals surface area contributed by atoms with Gasteiger partial charge in [0, 0.05) is 37.1 Å². The molecule has 1 unspecified atom stereocenters. The van der Waals surface area contributed by atoms with Gasteiger partial charge in [-0.05, 0) is 36.6 Å². The molecule has 0 radical (unpaired) electrons. The van der Waals surface area contributed by atoms with Crippen molar-refractivity contribution >= 4 is 12.0 Å². The molecular formula is C17H17N3O3. The van der Waals surface area contributed by atoms with Crippen molar-refractivity contribution in [2.75, 3.05) is 13.1 Å². The minimum Gasteiger partial charge on any atom is -0.451 e. The highest BCUT2D eigenvalue weighted by Gasteiger charge is 2.47. The summed E-state index contributed by atoms with van der Waals surface area (Å²) in [5, 5.41) is 3.56. The van der Waals surface area contributed by atoms with E-state index in [2.05, 4.69) is 21.1 Å². The van der Waals surface area contributed by atoms with Crippen LogP contribution in [0.5, 0.6) is 0 Å². The van der Waals surface area contributed by atoms with E-state index in [0.717, 1.165) is 37.9 Å². The Morgan fingerprint density at radius 3 is 2.96 bits per heavy atom. The lowest BCUT2D eigenvalue weighted by Gasteiger charge is -2.33. The number of carbonyl (C=O) groups excluding carboxylic acids is 1. The van der Waals surface area contributed by atoms with Crippen molar-refractivity contribution in [3.8, 4) is 0 Å². The molecule has 0 amide bonds. The molecule has 6 nitrogen and oxygen atoms in total. The summed E-state index contributed by atoms with van der Waals surface area (Å²) in [5.41, 5.74) is 1.86. The molecule has 2 saturated heterocycles. The van der Waals surface area contributed by atoms with Crippen LogP contribution in [0.1, 0.15) is 35.4 Å². The first-order chi connectivity index (χ1) is 11.2. The Balaban J connectivity index is 1.56. The second-order valence-corrected chi connectivity index (χ2v) is 6.07. The third kappa shape index (κ3) is 2.72. The minimum atomic E-state index is -0.457. The summed E-state index contributed by atoms with van der Waals surface area (Å²) in [6.07, 6.45) is 9.77. The zero-order valence-electron chi connectivity index (χ0n) is 12.6. The zero-order valence-corrected chi connectivity index (χ0v) is 12.6. The second kappa shape index (κ2) is 5.53. The molecule has 2 bridgehead atoms. The van der Waals surface area contributed by atoms with Gasteiger partial charge in [0.05, 0.1) is 12.7 Å². The van der Waals surface area contributed by atoms with Crippen molar-refractivity contribution in [3.63, 3.8) is 0 Å². The van der Waals surface area contributed by atoms with Crippen molar-refractivity contribution in [1.82, 2.24) is 15.0 Å². The summed E-state index contributed by atoms with van der Waals surface area (Å²) in [6, 6.07) is 5.48. The van der Waals surface area contributed by atoms with Crippen LogP contribution in [0.3, 0.4) is 0 Å². The van der Waals surface area contributed by atoms with E-state index in [1.807, 2.05) is 12.1 Å². The molecule has 2 fully saturated rings. The van der Waals surface area contributed by atoms with Crippen LogP contribution < -0.4 is 0 Å². The standard InChI is InChI=1S/C17H17N3O3/c21-16(15-4-8-19-23-15)22-17-5-1-9-20(12-17)14(11-17)10-13-2-6-18-7-3-13/h2-4,6-8,10H,1,5,9,11-12H2/b14-10+. The number of carbonyl (C=O) groups is 1. The van der Waals surface area contributed by atoms with Gasteiger partial charge < -0.3 is 14.2 Å². The van der Waals surface area contributed by atoms with E-state index < -0.39 is 11.6 Å². The number of aromatic nitrogens is 2. The van der Waals surface area contributed by atoms with E-state index in [-0.39, 0.29) is 5.76 Å². The Labute approximate surface area is 133 Å². The molecule has 4 heterocycles. The molecule has 2 aliphatic heterocycles. The van der Waals surface area contributed by atoms with Gasteiger partial charge >= 0.3 is 5.97 Å². The summed E-state index contributed by atoms with van der Waals surface area (Å²) >= 11 is 0. The maximum atomic E-state index is 12.2. The Morgan fingerprint density at radius 2 is 2.17 bits per heavy atom. The number of fused-ring (bicyclic) bond motifs is 2. The fourth-order valence-electron chi connectivity index (χ4n) is 3.41. The average molecular weight is 311 g/mol. The van der Waals surface area contributed by atoms with Gasteiger partial charge in [-0.2, -0.15) is 0 Å².